The van der Waals surface area contributed by atoms with E-state index in [1.807, 2.05) is 81.4 Å². The van der Waals surface area contributed by atoms with E-state index in [2.05, 4.69) is 17.0 Å². The summed E-state index contributed by atoms with van der Waals surface area (Å²) in [6.45, 7) is 7.17. The largest absolute Gasteiger partial charge is 0.492 e. The second-order valence-electron chi connectivity index (χ2n) is 8.32. The summed E-state index contributed by atoms with van der Waals surface area (Å²) in [5.41, 5.74) is 3.04. The monoisotopic (exact) mass is 485 g/mol. The van der Waals surface area contributed by atoms with Crippen molar-refractivity contribution in [3.63, 3.8) is 0 Å². The zero-order valence-corrected chi connectivity index (χ0v) is 19.9. The Kier molecular flexibility index (Phi) is 7.70. The van der Waals surface area contributed by atoms with E-state index < -0.39 is 6.10 Å². The topological polar surface area (TPSA) is 57.2 Å². The third-order valence-corrected chi connectivity index (χ3v) is 5.44. The quantitative estimate of drug-likeness (QED) is 0.333. The van der Waals surface area contributed by atoms with E-state index in [0.717, 1.165) is 34.2 Å². The molecule has 0 saturated heterocycles. The Morgan fingerprint density at radius 3 is 2.21 bits per heavy atom. The Morgan fingerprint density at radius 1 is 1.00 bits per heavy atom. The summed E-state index contributed by atoms with van der Waals surface area (Å²) in [6.07, 6.45) is -0.321. The molecular weight excluding hydrogens is 454 g/mol. The van der Waals surface area contributed by atoms with Gasteiger partial charge in [0.05, 0.1) is 24.0 Å². The van der Waals surface area contributed by atoms with Crippen LogP contribution in [0.3, 0.4) is 0 Å². The minimum Gasteiger partial charge on any atom is -0.492 e. The molecule has 0 saturated carbocycles. The van der Waals surface area contributed by atoms with Crippen molar-refractivity contribution in [2.75, 3.05) is 24.7 Å². The molecule has 6 heteroatoms. The highest BCUT2D eigenvalue weighted by molar-refractivity contribution is 5.77. The second kappa shape index (κ2) is 11.1. The normalized spacial score (nSPS) is 13.0. The van der Waals surface area contributed by atoms with Crippen LogP contribution in [0.2, 0.25) is 0 Å². The fourth-order valence-electron chi connectivity index (χ4n) is 3.93. The highest BCUT2D eigenvalue weighted by atomic mass is 16.9. The molecule has 0 spiro atoms. The molecule has 0 aromatic heterocycles. The molecule has 0 amide bonds. The molecular formula is C28H31NO5. The molecule has 1 aliphatic rings. The zero-order valence-electron chi connectivity index (χ0n) is 19.9. The molecule has 0 unspecified atom stereocenters. The minimum absolute atomic E-state index is 0.170. The first-order valence-corrected chi connectivity index (χ1v) is 11.7. The molecule has 0 aliphatic carbocycles. The fourth-order valence-corrected chi connectivity index (χ4v) is 3.93. The number of benzene rings is 3. The number of anilines is 2. The van der Waals surface area contributed by atoms with Gasteiger partial charge in [-0.15, -0.1) is 0 Å². The summed E-state index contributed by atoms with van der Waals surface area (Å²) in [4.78, 5) is 14.5. The standard InChI is InChI=1S/C28H31NO5/c1-4-31-27(28(30)33-20(2)3)19-21-13-15-22(16-14-21)32-18-17-29-23-9-5-7-11-25(23)34-26-12-8-6-10-24(26)29/h5-16,20,27H,4,17-19H2,1-3H3/t27-/m0/s1/i5+2,6+2,7+2,8+2,9+2,10+2,11+2,12+2,23+2,24+2,25+2,26+2. The van der Waals surface area contributed by atoms with Crippen LogP contribution in [0, 0.1) is 0 Å². The number of carbonyl (C=O) groups is 1. The number of rotatable bonds is 10. The Bertz CT molecular complexity index is 1050. The lowest BCUT2D eigenvalue weighted by Gasteiger charge is -2.32. The zero-order chi connectivity index (χ0) is 23.9. The van der Waals surface area contributed by atoms with Crippen molar-refractivity contribution >= 4 is 17.3 Å². The van der Waals surface area contributed by atoms with Crippen LogP contribution in [0.15, 0.2) is 72.8 Å². The Labute approximate surface area is 201 Å². The van der Waals surface area contributed by atoms with Crippen LogP contribution in [0.4, 0.5) is 11.4 Å². The molecule has 34 heavy (non-hydrogen) atoms. The summed E-state index contributed by atoms with van der Waals surface area (Å²) in [6, 6.07) is 23.8. The maximum atomic E-state index is 12.3. The number of hydrogen-bond acceptors (Lipinski definition) is 6. The van der Waals surface area contributed by atoms with E-state index in [-0.39, 0.29) is 12.1 Å². The second-order valence-corrected chi connectivity index (χ2v) is 8.32. The SMILES string of the molecule is CCO[C@@H](Cc1ccc(OCCN2[14c]3[14cH][14cH][14cH][14cH][14c]3O[14c]3[14cH][14cH][14cH][14cH][14c]32)cc1)C(=O)OC(C)C. The van der Waals surface area contributed by atoms with Gasteiger partial charge in [-0.2, -0.15) is 0 Å². The number of ether oxygens (including phenoxy) is 4. The third kappa shape index (κ3) is 5.69. The summed E-state index contributed by atoms with van der Waals surface area (Å²) < 4.78 is 23.0. The van der Waals surface area contributed by atoms with Crippen molar-refractivity contribution in [1.82, 2.24) is 0 Å². The lowest BCUT2D eigenvalue weighted by atomic mass is 10.1. The molecule has 1 heterocycles. The average molecular weight is 485 g/mol. The van der Waals surface area contributed by atoms with Gasteiger partial charge in [0.15, 0.2) is 17.6 Å². The number of fused-ring (bicyclic) bond motifs is 2. The van der Waals surface area contributed by atoms with E-state index in [4.69, 9.17) is 18.9 Å². The summed E-state index contributed by atoms with van der Waals surface area (Å²) in [5, 5.41) is 0. The Hall–Kier alpha value is -3.51. The molecule has 6 nitrogen and oxygen atoms in total. The minimum atomic E-state index is -0.611. The maximum Gasteiger partial charge on any atom is 0.335 e. The van der Waals surface area contributed by atoms with Crippen LogP contribution in [-0.4, -0.2) is 37.9 Å². The van der Waals surface area contributed by atoms with Crippen molar-refractivity contribution in [1.29, 1.82) is 0 Å². The Balaban J connectivity index is 1.37. The third-order valence-electron chi connectivity index (χ3n) is 5.44. The number of para-hydroxylation sites is 4. The smallest absolute Gasteiger partial charge is 0.335 e. The van der Waals surface area contributed by atoms with Crippen LogP contribution < -0.4 is 14.4 Å². The molecule has 0 fully saturated rings. The molecule has 0 bridgehead atoms. The lowest BCUT2D eigenvalue weighted by Crippen LogP contribution is -2.30. The molecule has 3 aromatic rings. The van der Waals surface area contributed by atoms with E-state index in [1.165, 1.54) is 0 Å². The average Bonchev–Trinajstić information content (AvgIpc) is 2.84. The maximum absolute atomic E-state index is 12.3. The molecule has 1 atom stereocenters. The van der Waals surface area contributed by atoms with Gasteiger partial charge in [0.2, 0.25) is 0 Å². The molecule has 0 N–H and O–H groups in total. The first-order chi connectivity index (χ1) is 16.5. The highest BCUT2D eigenvalue weighted by Crippen LogP contribution is 2.45. The van der Waals surface area contributed by atoms with Crippen molar-refractivity contribution in [3.05, 3.63) is 78.4 Å². The number of esters is 1. The van der Waals surface area contributed by atoms with Crippen molar-refractivity contribution in [3.8, 4) is 17.2 Å². The van der Waals surface area contributed by atoms with Gasteiger partial charge in [-0.1, -0.05) is 36.4 Å². The molecule has 0 radical (unpaired) electrons. The first kappa shape index (κ1) is 23.6. The van der Waals surface area contributed by atoms with Gasteiger partial charge < -0.3 is 23.8 Å². The molecule has 4 rings (SSSR count). The predicted octanol–water partition coefficient (Wildman–Crippen LogP) is 5.91. The van der Waals surface area contributed by atoms with Gasteiger partial charge >= 0.3 is 5.97 Å². The highest BCUT2D eigenvalue weighted by Gasteiger charge is 2.24. The summed E-state index contributed by atoms with van der Waals surface area (Å²) >= 11 is 0. The predicted molar refractivity (Wildman–Crippen MR) is 132 cm³/mol. The van der Waals surface area contributed by atoms with Crippen LogP contribution in [0.5, 0.6) is 17.2 Å². The number of nitrogens with zero attached hydrogens (tertiary/aromatic N) is 1. The van der Waals surface area contributed by atoms with Crippen molar-refractivity contribution in [2.24, 2.45) is 0 Å². The van der Waals surface area contributed by atoms with Crippen LogP contribution >= 0.6 is 0 Å². The Morgan fingerprint density at radius 2 is 1.62 bits per heavy atom. The van der Waals surface area contributed by atoms with Crippen molar-refractivity contribution in [2.45, 2.75) is 39.4 Å². The van der Waals surface area contributed by atoms with Gasteiger partial charge in [-0.05, 0) is 62.7 Å². The lowest BCUT2D eigenvalue weighted by molar-refractivity contribution is -0.160. The number of hydrogen-bond donors (Lipinski definition) is 0. The first-order valence-electron chi connectivity index (χ1n) is 11.7. The molecule has 1 aliphatic heterocycles. The van der Waals surface area contributed by atoms with E-state index in [9.17, 15) is 4.79 Å². The van der Waals surface area contributed by atoms with Crippen molar-refractivity contribution < 1.29 is 23.7 Å². The van der Waals surface area contributed by atoms with Gasteiger partial charge in [-0.25, -0.2) is 4.79 Å². The van der Waals surface area contributed by atoms with E-state index in [1.54, 1.807) is 0 Å². The van der Waals surface area contributed by atoms with Gasteiger partial charge in [0.1, 0.15) is 12.4 Å². The fraction of sp³-hybridized carbons (Fsp3) is 0.321. The molecule has 178 valence electrons. The van der Waals surface area contributed by atoms with Gasteiger partial charge in [0.25, 0.3) is 0 Å². The van der Waals surface area contributed by atoms with Crippen LogP contribution in [0.1, 0.15) is 26.3 Å². The van der Waals surface area contributed by atoms with Gasteiger partial charge in [0, 0.05) is 13.0 Å². The van der Waals surface area contributed by atoms with Crippen LogP contribution in [-0.2, 0) is 20.7 Å². The summed E-state index contributed by atoms with van der Waals surface area (Å²) in [7, 11) is 0. The summed E-state index contributed by atoms with van der Waals surface area (Å²) in [5.74, 6) is 2.12. The van der Waals surface area contributed by atoms with Gasteiger partial charge in [-0.3, -0.25) is 0 Å². The molecule has 3 aromatic carbocycles. The van der Waals surface area contributed by atoms with Crippen LogP contribution in [0.25, 0.3) is 0 Å². The van der Waals surface area contributed by atoms with E-state index >= 15 is 0 Å². The van der Waals surface area contributed by atoms with E-state index in [0.29, 0.717) is 26.2 Å². The number of carbonyl (C=O) groups excluding carboxylic acids is 1.